The maximum atomic E-state index is 9.44. The van der Waals surface area contributed by atoms with Gasteiger partial charge in [-0.25, -0.2) is 0 Å². The molecule has 0 unspecified atom stereocenters. The molecule has 0 heterocycles. The van der Waals surface area contributed by atoms with Gasteiger partial charge in [-0.3, -0.25) is 0 Å². The topological polar surface area (TPSA) is 35.5 Å². The summed E-state index contributed by atoms with van der Waals surface area (Å²) in [4.78, 5) is 9.44. The first-order chi connectivity index (χ1) is 6.54. The summed E-state index contributed by atoms with van der Waals surface area (Å²) < 4.78 is 10.1. The third-order valence-electron chi connectivity index (χ3n) is 0.803. The zero-order chi connectivity index (χ0) is 12.0. The number of hydrogen-bond acceptors (Lipinski definition) is 3. The Morgan fingerprint density at radius 1 is 1.14 bits per heavy atom. The van der Waals surface area contributed by atoms with Gasteiger partial charge in [0.2, 0.25) is 0 Å². The van der Waals surface area contributed by atoms with E-state index in [0.29, 0.717) is 0 Å². The number of carbonyl (C=O) groups is 1. The molecule has 0 aromatic carbocycles. The Hall–Kier alpha value is -0.670. The monoisotopic (exact) mass is 204 g/mol. The van der Waals surface area contributed by atoms with E-state index in [1.165, 1.54) is 13.8 Å². The Labute approximate surface area is 88.1 Å². The van der Waals surface area contributed by atoms with E-state index in [1.54, 1.807) is 0 Å². The highest BCUT2D eigenvalue weighted by atomic mass is 16.7. The number of rotatable bonds is 4. The molecule has 0 spiro atoms. The van der Waals surface area contributed by atoms with Crippen LogP contribution in [0.5, 0.6) is 0 Å². The van der Waals surface area contributed by atoms with Crippen LogP contribution >= 0.6 is 0 Å². The molecule has 0 amide bonds. The molecule has 0 aromatic rings. The van der Waals surface area contributed by atoms with Crippen molar-refractivity contribution in [2.45, 2.75) is 40.9 Å². The summed E-state index contributed by atoms with van der Waals surface area (Å²) in [6.07, 6.45) is -0.0370. The quantitative estimate of drug-likeness (QED) is 0.522. The van der Waals surface area contributed by atoms with Crippen LogP contribution in [0.15, 0.2) is 13.2 Å². The van der Waals surface area contributed by atoms with Crippen LogP contribution in [-0.4, -0.2) is 25.3 Å². The summed E-state index contributed by atoms with van der Waals surface area (Å²) >= 11 is 0. The van der Waals surface area contributed by atoms with Gasteiger partial charge in [0, 0.05) is 13.2 Å². The predicted octanol–water partition coefficient (Wildman–Crippen LogP) is 2.80. The molecule has 0 saturated heterocycles. The largest absolute Gasteiger partial charge is 0.353 e. The highest BCUT2D eigenvalue weighted by molar-refractivity contribution is 5.72. The molecular weight excluding hydrogens is 180 g/mol. The van der Waals surface area contributed by atoms with E-state index < -0.39 is 0 Å². The molecule has 0 N–H and O–H groups in total. The van der Waals surface area contributed by atoms with Crippen molar-refractivity contribution >= 4 is 5.78 Å². The number of Topliss-reactive ketones (excluding diaryl/α,β-unsaturated/α-hetero) is 1. The third-order valence-corrected chi connectivity index (χ3v) is 0.803. The van der Waals surface area contributed by atoms with Crippen LogP contribution in [0.3, 0.4) is 0 Å². The van der Waals surface area contributed by atoms with Gasteiger partial charge in [-0.15, -0.1) is 13.2 Å². The zero-order valence-corrected chi connectivity index (χ0v) is 10.1. The predicted molar refractivity (Wildman–Crippen MR) is 60.3 cm³/mol. The Kier molecular flexibility index (Phi) is 24.7. The van der Waals surface area contributed by atoms with Crippen molar-refractivity contribution < 1.29 is 14.3 Å². The van der Waals surface area contributed by atoms with Crippen molar-refractivity contribution in [3.8, 4) is 0 Å². The highest BCUT2D eigenvalue weighted by Gasteiger charge is 1.94. The Morgan fingerprint density at radius 3 is 1.50 bits per heavy atom. The van der Waals surface area contributed by atoms with Crippen molar-refractivity contribution in [1.29, 1.82) is 0 Å². The number of hydrogen-bond donors (Lipinski definition) is 0. The summed E-state index contributed by atoms with van der Waals surface area (Å²) in [5, 5.41) is 0. The summed E-state index contributed by atoms with van der Waals surface area (Å²) in [6, 6.07) is 0. The average Bonchev–Trinajstić information content (AvgIpc) is 2.08. The van der Waals surface area contributed by atoms with Gasteiger partial charge < -0.3 is 14.3 Å². The van der Waals surface area contributed by atoms with Crippen molar-refractivity contribution in [3.63, 3.8) is 0 Å². The lowest BCUT2D eigenvalue weighted by molar-refractivity contribution is -0.123. The van der Waals surface area contributed by atoms with E-state index in [2.05, 4.69) is 13.2 Å². The van der Waals surface area contributed by atoms with Gasteiger partial charge in [0.15, 0.2) is 6.29 Å². The molecule has 0 fully saturated rings. The summed E-state index contributed by atoms with van der Waals surface area (Å²) in [5.41, 5.74) is 0. The first-order valence-corrected chi connectivity index (χ1v) is 4.74. The van der Waals surface area contributed by atoms with E-state index >= 15 is 0 Å². The molecule has 0 aromatic heterocycles. The molecule has 0 rings (SSSR count). The maximum absolute atomic E-state index is 9.44. The maximum Gasteiger partial charge on any atom is 0.154 e. The van der Waals surface area contributed by atoms with Crippen LogP contribution in [-0.2, 0) is 14.3 Å². The summed E-state index contributed by atoms with van der Waals surface area (Å²) in [7, 11) is 0. The SMILES string of the molecule is C=C.CC(C)=O.CCOC(C)OCC. The lowest BCUT2D eigenvalue weighted by Gasteiger charge is -2.09. The van der Waals surface area contributed by atoms with Gasteiger partial charge in [-0.2, -0.15) is 0 Å². The summed E-state index contributed by atoms with van der Waals surface area (Å²) in [6.45, 7) is 16.3. The van der Waals surface area contributed by atoms with Gasteiger partial charge in [-0.1, -0.05) is 0 Å². The molecule has 86 valence electrons. The average molecular weight is 204 g/mol. The number of carbonyl (C=O) groups excluding carboxylic acids is 1. The second-order valence-electron chi connectivity index (χ2n) is 2.39. The first-order valence-electron chi connectivity index (χ1n) is 4.74. The molecule has 0 aliphatic carbocycles. The van der Waals surface area contributed by atoms with E-state index in [4.69, 9.17) is 9.47 Å². The van der Waals surface area contributed by atoms with Crippen LogP contribution < -0.4 is 0 Å². The minimum Gasteiger partial charge on any atom is -0.353 e. The Balaban J connectivity index is -0.000000170. The second kappa shape index (κ2) is 18.2. The fourth-order valence-electron chi connectivity index (χ4n) is 0.518. The van der Waals surface area contributed by atoms with Crippen LogP contribution in [0.1, 0.15) is 34.6 Å². The molecule has 0 bridgehead atoms. The minimum atomic E-state index is -0.0370. The molecule has 0 aliphatic heterocycles. The van der Waals surface area contributed by atoms with E-state index in [0.717, 1.165) is 13.2 Å². The number of ketones is 1. The molecule has 0 atom stereocenters. The molecule has 0 radical (unpaired) electrons. The molecule has 3 heteroatoms. The van der Waals surface area contributed by atoms with Crippen molar-refractivity contribution in [1.82, 2.24) is 0 Å². The Bertz CT molecular complexity index is 103. The van der Waals surface area contributed by atoms with E-state index in [1.807, 2.05) is 20.8 Å². The highest BCUT2D eigenvalue weighted by Crippen LogP contribution is 1.90. The normalized spacial score (nSPS) is 8.14. The van der Waals surface area contributed by atoms with Crippen molar-refractivity contribution in [2.24, 2.45) is 0 Å². The van der Waals surface area contributed by atoms with Crippen LogP contribution in [0, 0.1) is 0 Å². The van der Waals surface area contributed by atoms with Gasteiger partial charge in [-0.05, 0) is 34.6 Å². The molecule has 0 saturated carbocycles. The second-order valence-corrected chi connectivity index (χ2v) is 2.39. The minimum absolute atomic E-state index is 0.0370. The van der Waals surface area contributed by atoms with Gasteiger partial charge in [0.05, 0.1) is 0 Å². The van der Waals surface area contributed by atoms with E-state index in [9.17, 15) is 4.79 Å². The van der Waals surface area contributed by atoms with Crippen molar-refractivity contribution in [3.05, 3.63) is 13.2 Å². The molecule has 14 heavy (non-hydrogen) atoms. The standard InChI is InChI=1S/C6H14O2.C3H6O.C2H4/c1-4-7-6(3)8-5-2;1-3(2)4;1-2/h6H,4-5H2,1-3H3;1-2H3;1-2H2. The van der Waals surface area contributed by atoms with Crippen LogP contribution in [0.25, 0.3) is 0 Å². The lowest BCUT2D eigenvalue weighted by Crippen LogP contribution is -2.11. The molecular formula is C11H24O3. The zero-order valence-electron chi connectivity index (χ0n) is 10.1. The lowest BCUT2D eigenvalue weighted by atomic mass is 10.6. The Morgan fingerprint density at radius 2 is 1.36 bits per heavy atom. The third kappa shape index (κ3) is 42.6. The van der Waals surface area contributed by atoms with Gasteiger partial charge >= 0.3 is 0 Å². The smallest absolute Gasteiger partial charge is 0.154 e. The molecule has 3 nitrogen and oxygen atoms in total. The fourth-order valence-corrected chi connectivity index (χ4v) is 0.518. The van der Waals surface area contributed by atoms with Crippen molar-refractivity contribution in [2.75, 3.05) is 13.2 Å². The first kappa shape index (κ1) is 19.0. The number of ether oxygens (including phenoxy) is 2. The van der Waals surface area contributed by atoms with Crippen LogP contribution in [0.2, 0.25) is 0 Å². The van der Waals surface area contributed by atoms with Crippen LogP contribution in [0.4, 0.5) is 0 Å². The van der Waals surface area contributed by atoms with Gasteiger partial charge in [0.1, 0.15) is 5.78 Å². The van der Waals surface area contributed by atoms with E-state index in [-0.39, 0.29) is 12.1 Å². The summed E-state index contributed by atoms with van der Waals surface area (Å²) in [5.74, 6) is 0.167. The fraction of sp³-hybridized carbons (Fsp3) is 0.727. The molecule has 0 aliphatic rings. The van der Waals surface area contributed by atoms with Gasteiger partial charge in [0.25, 0.3) is 0 Å².